The Hall–Kier alpha value is -1.59. The molecule has 0 unspecified atom stereocenters. The molecule has 0 aromatic heterocycles. The number of carbonyl (C=O) groups is 1. The van der Waals surface area contributed by atoms with Crippen molar-refractivity contribution >= 4 is 5.91 Å². The molecule has 2 rings (SSSR count). The molecule has 1 aromatic carbocycles. The number of nitrogens with one attached hydrogen (secondary N) is 1. The van der Waals surface area contributed by atoms with Crippen molar-refractivity contribution in [1.82, 2.24) is 5.32 Å². The van der Waals surface area contributed by atoms with Crippen molar-refractivity contribution in [3.8, 4) is 5.75 Å². The first-order valence-electron chi connectivity index (χ1n) is 8.76. The third kappa shape index (κ3) is 5.49. The molecule has 1 aliphatic rings. The third-order valence-corrected chi connectivity index (χ3v) is 4.03. The van der Waals surface area contributed by atoms with Crippen LogP contribution in [0.1, 0.15) is 52.1 Å². The van der Waals surface area contributed by atoms with Gasteiger partial charge in [0.1, 0.15) is 11.9 Å². The first-order chi connectivity index (χ1) is 11.5. The maximum atomic E-state index is 12.3. The molecule has 0 aliphatic carbocycles. The van der Waals surface area contributed by atoms with E-state index in [1.807, 2.05) is 45.0 Å². The zero-order valence-electron chi connectivity index (χ0n) is 15.1. The predicted octanol–water partition coefficient (Wildman–Crippen LogP) is 3.24. The van der Waals surface area contributed by atoms with E-state index in [4.69, 9.17) is 14.2 Å². The van der Waals surface area contributed by atoms with Crippen molar-refractivity contribution in [2.45, 2.75) is 64.9 Å². The molecule has 5 nitrogen and oxygen atoms in total. The Morgan fingerprint density at radius 1 is 1.29 bits per heavy atom. The molecule has 24 heavy (non-hydrogen) atoms. The Bertz CT molecular complexity index is 526. The highest BCUT2D eigenvalue weighted by Crippen LogP contribution is 2.26. The number of ether oxygens (including phenoxy) is 3. The van der Waals surface area contributed by atoms with Crippen LogP contribution >= 0.6 is 0 Å². The molecule has 1 fully saturated rings. The van der Waals surface area contributed by atoms with E-state index in [9.17, 15) is 4.79 Å². The van der Waals surface area contributed by atoms with E-state index < -0.39 is 6.10 Å². The summed E-state index contributed by atoms with van der Waals surface area (Å²) in [5.74, 6) is 0.674. The zero-order valence-corrected chi connectivity index (χ0v) is 15.1. The molecule has 0 spiro atoms. The lowest BCUT2D eigenvalue weighted by Crippen LogP contribution is -2.37. The van der Waals surface area contributed by atoms with Gasteiger partial charge in [-0.25, -0.2) is 0 Å². The second-order valence-electron chi connectivity index (χ2n) is 6.55. The largest absolute Gasteiger partial charge is 0.491 e. The summed E-state index contributed by atoms with van der Waals surface area (Å²) in [6.07, 6.45) is 1.78. The van der Waals surface area contributed by atoms with Crippen molar-refractivity contribution < 1.29 is 19.0 Å². The van der Waals surface area contributed by atoms with Crippen LogP contribution in [-0.2, 0) is 14.3 Å². The van der Waals surface area contributed by atoms with E-state index in [-0.39, 0.29) is 24.2 Å². The van der Waals surface area contributed by atoms with Crippen LogP contribution in [0, 0.1) is 0 Å². The van der Waals surface area contributed by atoms with Crippen LogP contribution in [0.2, 0.25) is 0 Å². The van der Waals surface area contributed by atoms with Gasteiger partial charge in [0.05, 0.1) is 24.9 Å². The van der Waals surface area contributed by atoms with Crippen molar-refractivity contribution in [2.75, 3.05) is 13.2 Å². The van der Waals surface area contributed by atoms with E-state index in [0.717, 1.165) is 30.8 Å². The Kier molecular flexibility index (Phi) is 7.06. The quantitative estimate of drug-likeness (QED) is 0.792. The number of benzene rings is 1. The molecule has 1 N–H and O–H groups in total. The van der Waals surface area contributed by atoms with E-state index >= 15 is 0 Å². The molecule has 1 heterocycles. The lowest BCUT2D eigenvalue weighted by Gasteiger charge is -2.22. The minimum atomic E-state index is -0.505. The monoisotopic (exact) mass is 335 g/mol. The lowest BCUT2D eigenvalue weighted by molar-refractivity contribution is -0.134. The van der Waals surface area contributed by atoms with Gasteiger partial charge in [0, 0.05) is 12.2 Å². The van der Waals surface area contributed by atoms with E-state index in [0.29, 0.717) is 6.61 Å². The lowest BCUT2D eigenvalue weighted by atomic mass is 10.1. The van der Waals surface area contributed by atoms with Crippen molar-refractivity contribution in [2.24, 2.45) is 0 Å². The van der Waals surface area contributed by atoms with Gasteiger partial charge < -0.3 is 19.5 Å². The van der Waals surface area contributed by atoms with Crippen molar-refractivity contribution in [3.63, 3.8) is 0 Å². The fourth-order valence-corrected chi connectivity index (χ4v) is 2.71. The summed E-state index contributed by atoms with van der Waals surface area (Å²) in [6.45, 7) is 8.96. The normalized spacial score (nSPS) is 20.0. The zero-order chi connectivity index (χ0) is 17.5. The highest BCUT2D eigenvalue weighted by atomic mass is 16.5. The second-order valence-corrected chi connectivity index (χ2v) is 6.55. The minimum absolute atomic E-state index is 0.0859. The Labute approximate surface area is 144 Å². The van der Waals surface area contributed by atoms with E-state index in [1.165, 1.54) is 0 Å². The molecule has 1 amide bonds. The van der Waals surface area contributed by atoms with Crippen LogP contribution in [0.3, 0.4) is 0 Å². The Morgan fingerprint density at radius 3 is 2.71 bits per heavy atom. The number of carbonyl (C=O) groups excluding carboxylic acids is 1. The van der Waals surface area contributed by atoms with Crippen LogP contribution in [0.25, 0.3) is 0 Å². The van der Waals surface area contributed by atoms with Gasteiger partial charge in [0.2, 0.25) is 5.91 Å². The molecule has 3 atom stereocenters. The standard InChI is InChI=1S/C19H29NO4/c1-13(2)24-18-10-6-5-9-17(18)14(3)20-19(21)15(4)23-12-16-8-7-11-22-16/h5-6,9-10,13-16H,7-8,11-12H2,1-4H3,(H,20,21)/t14-,15+,16-/m0/s1. The summed E-state index contributed by atoms with van der Waals surface area (Å²) in [4.78, 5) is 12.3. The Balaban J connectivity index is 1.88. The summed E-state index contributed by atoms with van der Waals surface area (Å²) in [6, 6.07) is 7.63. The Morgan fingerprint density at radius 2 is 2.04 bits per heavy atom. The summed E-state index contributed by atoms with van der Waals surface area (Å²) < 4.78 is 17.0. The van der Waals surface area contributed by atoms with Gasteiger partial charge in [0.25, 0.3) is 0 Å². The highest BCUT2D eigenvalue weighted by Gasteiger charge is 2.22. The van der Waals surface area contributed by atoms with E-state index in [2.05, 4.69) is 5.32 Å². The van der Waals surface area contributed by atoms with Crippen LogP contribution in [-0.4, -0.2) is 37.4 Å². The number of hydrogen-bond acceptors (Lipinski definition) is 4. The average molecular weight is 335 g/mol. The molecule has 134 valence electrons. The first-order valence-corrected chi connectivity index (χ1v) is 8.76. The van der Waals surface area contributed by atoms with E-state index in [1.54, 1.807) is 6.92 Å². The topological polar surface area (TPSA) is 56.8 Å². The van der Waals surface area contributed by atoms with Crippen LogP contribution in [0.15, 0.2) is 24.3 Å². The summed E-state index contributed by atoms with van der Waals surface area (Å²) in [7, 11) is 0. The third-order valence-electron chi connectivity index (χ3n) is 4.03. The molecule has 0 bridgehead atoms. The highest BCUT2D eigenvalue weighted by molar-refractivity contribution is 5.80. The van der Waals surface area contributed by atoms with Gasteiger partial charge in [-0.2, -0.15) is 0 Å². The SMILES string of the molecule is CC(C)Oc1ccccc1[C@H](C)NC(=O)[C@@H](C)OC[C@@H]1CCCO1. The summed E-state index contributed by atoms with van der Waals surface area (Å²) in [5.41, 5.74) is 0.964. The van der Waals surface area contributed by atoms with Gasteiger partial charge in [-0.05, 0) is 46.6 Å². The molecule has 1 aliphatic heterocycles. The predicted molar refractivity (Wildman–Crippen MR) is 93.2 cm³/mol. The number of amides is 1. The molecule has 1 saturated heterocycles. The molecular weight excluding hydrogens is 306 g/mol. The molecular formula is C19H29NO4. The number of rotatable bonds is 8. The average Bonchev–Trinajstić information content (AvgIpc) is 3.05. The number of hydrogen-bond donors (Lipinski definition) is 1. The van der Waals surface area contributed by atoms with Crippen molar-refractivity contribution in [1.29, 1.82) is 0 Å². The maximum absolute atomic E-state index is 12.3. The summed E-state index contributed by atoms with van der Waals surface area (Å²) >= 11 is 0. The van der Waals surface area contributed by atoms with Gasteiger partial charge >= 0.3 is 0 Å². The maximum Gasteiger partial charge on any atom is 0.249 e. The number of para-hydroxylation sites is 1. The smallest absolute Gasteiger partial charge is 0.249 e. The first kappa shape index (κ1) is 18.7. The molecule has 5 heteroatoms. The van der Waals surface area contributed by atoms with Crippen LogP contribution < -0.4 is 10.1 Å². The van der Waals surface area contributed by atoms with Gasteiger partial charge in [0.15, 0.2) is 0 Å². The van der Waals surface area contributed by atoms with Crippen molar-refractivity contribution in [3.05, 3.63) is 29.8 Å². The molecule has 0 radical (unpaired) electrons. The minimum Gasteiger partial charge on any atom is -0.491 e. The fraction of sp³-hybridized carbons (Fsp3) is 0.632. The van der Waals surface area contributed by atoms with Crippen LogP contribution in [0.5, 0.6) is 5.75 Å². The van der Waals surface area contributed by atoms with Gasteiger partial charge in [-0.3, -0.25) is 4.79 Å². The summed E-state index contributed by atoms with van der Waals surface area (Å²) in [5, 5.41) is 3.00. The second kappa shape index (κ2) is 9.04. The van der Waals surface area contributed by atoms with Crippen LogP contribution in [0.4, 0.5) is 0 Å². The fourth-order valence-electron chi connectivity index (χ4n) is 2.71. The van der Waals surface area contributed by atoms with Gasteiger partial charge in [-0.1, -0.05) is 18.2 Å². The molecule has 0 saturated carbocycles. The molecule has 1 aromatic rings. The van der Waals surface area contributed by atoms with Gasteiger partial charge in [-0.15, -0.1) is 0 Å².